The molecule has 2 aromatic rings. The average Bonchev–Trinajstić information content (AvgIpc) is 2.47. The fraction of sp³-hybridized carbons (Fsp3) is 0.188. The second kappa shape index (κ2) is 6.60. The molecule has 0 spiro atoms. The number of aryl methyl sites for hydroxylation is 1. The lowest BCUT2D eigenvalue weighted by Gasteiger charge is -2.13. The van der Waals surface area contributed by atoms with E-state index in [4.69, 9.17) is 9.84 Å². The van der Waals surface area contributed by atoms with E-state index in [0.29, 0.717) is 11.3 Å². The van der Waals surface area contributed by atoms with Crippen LogP contribution >= 0.6 is 0 Å². The Labute approximate surface area is 130 Å². The highest BCUT2D eigenvalue weighted by Gasteiger charge is 2.31. The summed E-state index contributed by atoms with van der Waals surface area (Å²) in [6, 6.07) is 10.2. The number of carboxylic acid groups (broad SMARTS) is 1. The van der Waals surface area contributed by atoms with E-state index in [1.165, 1.54) is 37.3 Å². The van der Waals surface area contributed by atoms with E-state index in [1.807, 2.05) is 0 Å². The molecule has 0 saturated heterocycles. The molecule has 0 aliphatic heterocycles. The first-order valence-electron chi connectivity index (χ1n) is 6.56. The molecule has 2 aromatic carbocycles. The minimum atomic E-state index is -4.75. The first kappa shape index (κ1) is 16.7. The average molecular weight is 326 g/mol. The number of carbonyl (C=O) groups is 1. The van der Waals surface area contributed by atoms with Crippen LogP contribution in [-0.2, 0) is 6.61 Å². The maximum Gasteiger partial charge on any atom is 0.573 e. The van der Waals surface area contributed by atoms with Crippen molar-refractivity contribution in [3.63, 3.8) is 0 Å². The van der Waals surface area contributed by atoms with Crippen LogP contribution in [0.25, 0.3) is 0 Å². The van der Waals surface area contributed by atoms with Gasteiger partial charge < -0.3 is 14.6 Å². The Morgan fingerprint density at radius 3 is 2.52 bits per heavy atom. The van der Waals surface area contributed by atoms with Crippen LogP contribution in [0.4, 0.5) is 13.2 Å². The predicted octanol–water partition coefficient (Wildman–Crippen LogP) is 4.17. The van der Waals surface area contributed by atoms with Crippen molar-refractivity contribution < 1.29 is 32.5 Å². The van der Waals surface area contributed by atoms with Crippen molar-refractivity contribution in [3.8, 4) is 11.5 Å². The SMILES string of the molecule is Cc1cc(OCc2cccc(C(=O)O)c2)ccc1OC(F)(F)F. The van der Waals surface area contributed by atoms with Gasteiger partial charge in [-0.15, -0.1) is 13.2 Å². The van der Waals surface area contributed by atoms with E-state index in [0.717, 1.165) is 0 Å². The van der Waals surface area contributed by atoms with Crippen LogP contribution in [0.3, 0.4) is 0 Å². The molecule has 1 N–H and O–H groups in total. The maximum atomic E-state index is 12.2. The number of rotatable bonds is 5. The smallest absolute Gasteiger partial charge is 0.489 e. The summed E-state index contributed by atoms with van der Waals surface area (Å²) in [7, 11) is 0. The molecular formula is C16H13F3O4. The lowest BCUT2D eigenvalue weighted by Crippen LogP contribution is -2.17. The molecule has 0 radical (unpaired) electrons. The topological polar surface area (TPSA) is 55.8 Å². The van der Waals surface area contributed by atoms with Gasteiger partial charge in [0.2, 0.25) is 0 Å². The molecule has 4 nitrogen and oxygen atoms in total. The largest absolute Gasteiger partial charge is 0.573 e. The standard InChI is InChI=1S/C16H13F3O4/c1-10-7-13(5-6-14(10)23-16(17,18)19)22-9-11-3-2-4-12(8-11)15(20)21/h2-8H,9H2,1H3,(H,20,21). The minimum Gasteiger partial charge on any atom is -0.489 e. The number of carboxylic acids is 1. The van der Waals surface area contributed by atoms with E-state index in [1.54, 1.807) is 12.1 Å². The van der Waals surface area contributed by atoms with Gasteiger partial charge >= 0.3 is 12.3 Å². The van der Waals surface area contributed by atoms with Crippen molar-refractivity contribution in [2.45, 2.75) is 19.9 Å². The summed E-state index contributed by atoms with van der Waals surface area (Å²) in [4.78, 5) is 10.9. The van der Waals surface area contributed by atoms with Gasteiger partial charge in [0.1, 0.15) is 18.1 Å². The molecule has 122 valence electrons. The van der Waals surface area contributed by atoms with Gasteiger partial charge in [0, 0.05) is 0 Å². The lowest BCUT2D eigenvalue weighted by atomic mass is 10.1. The zero-order chi connectivity index (χ0) is 17.0. The summed E-state index contributed by atoms with van der Waals surface area (Å²) < 4.78 is 45.9. The van der Waals surface area contributed by atoms with Crippen LogP contribution in [0.1, 0.15) is 21.5 Å². The van der Waals surface area contributed by atoms with Crippen molar-refractivity contribution in [2.75, 3.05) is 0 Å². The van der Waals surface area contributed by atoms with E-state index in [-0.39, 0.29) is 23.5 Å². The third kappa shape index (κ3) is 4.91. The Balaban J connectivity index is 2.05. The third-order valence-electron chi connectivity index (χ3n) is 2.95. The highest BCUT2D eigenvalue weighted by atomic mass is 19.4. The van der Waals surface area contributed by atoms with E-state index < -0.39 is 12.3 Å². The molecule has 0 unspecified atom stereocenters. The van der Waals surface area contributed by atoms with Gasteiger partial charge in [0.15, 0.2) is 0 Å². The van der Waals surface area contributed by atoms with E-state index in [2.05, 4.69) is 4.74 Å². The predicted molar refractivity (Wildman–Crippen MR) is 75.6 cm³/mol. The Hall–Kier alpha value is -2.70. The van der Waals surface area contributed by atoms with Crippen molar-refractivity contribution >= 4 is 5.97 Å². The highest BCUT2D eigenvalue weighted by Crippen LogP contribution is 2.29. The Morgan fingerprint density at radius 2 is 1.91 bits per heavy atom. The Bertz CT molecular complexity index is 711. The quantitative estimate of drug-likeness (QED) is 0.896. The van der Waals surface area contributed by atoms with Gasteiger partial charge in [0.25, 0.3) is 0 Å². The molecule has 0 amide bonds. The van der Waals surface area contributed by atoms with Crippen molar-refractivity contribution in [1.29, 1.82) is 0 Å². The monoisotopic (exact) mass is 326 g/mol. The summed E-state index contributed by atoms with van der Waals surface area (Å²) in [5.74, 6) is -0.980. The number of alkyl halides is 3. The summed E-state index contributed by atoms with van der Waals surface area (Å²) in [5.41, 5.74) is 1.05. The molecule has 0 aliphatic carbocycles. The first-order valence-corrected chi connectivity index (χ1v) is 6.56. The van der Waals surface area contributed by atoms with Gasteiger partial charge in [-0.3, -0.25) is 0 Å². The van der Waals surface area contributed by atoms with E-state index >= 15 is 0 Å². The summed E-state index contributed by atoms with van der Waals surface area (Å²) in [6.07, 6.45) is -4.75. The van der Waals surface area contributed by atoms with Gasteiger partial charge in [-0.05, 0) is 48.4 Å². The van der Waals surface area contributed by atoms with Gasteiger partial charge in [-0.1, -0.05) is 12.1 Å². The molecule has 23 heavy (non-hydrogen) atoms. The number of hydrogen-bond donors (Lipinski definition) is 1. The number of halogens is 3. The normalized spacial score (nSPS) is 11.1. The second-order valence-electron chi connectivity index (χ2n) is 4.77. The van der Waals surface area contributed by atoms with Crippen LogP contribution in [0.5, 0.6) is 11.5 Å². The second-order valence-corrected chi connectivity index (χ2v) is 4.77. The van der Waals surface area contributed by atoms with Crippen LogP contribution in [0.2, 0.25) is 0 Å². The van der Waals surface area contributed by atoms with Gasteiger partial charge in [0.05, 0.1) is 5.56 Å². The first-order chi connectivity index (χ1) is 10.7. The number of hydrogen-bond acceptors (Lipinski definition) is 3. The maximum absolute atomic E-state index is 12.2. The number of ether oxygens (including phenoxy) is 2. The fourth-order valence-corrected chi connectivity index (χ4v) is 1.91. The van der Waals surface area contributed by atoms with Gasteiger partial charge in [-0.2, -0.15) is 0 Å². The molecule has 0 saturated carbocycles. The molecule has 0 heterocycles. The molecule has 0 bridgehead atoms. The van der Waals surface area contributed by atoms with Crippen molar-refractivity contribution in [2.24, 2.45) is 0 Å². The van der Waals surface area contributed by atoms with Crippen LogP contribution in [0.15, 0.2) is 42.5 Å². The Morgan fingerprint density at radius 1 is 1.17 bits per heavy atom. The number of benzene rings is 2. The molecular weight excluding hydrogens is 313 g/mol. The molecule has 0 aromatic heterocycles. The van der Waals surface area contributed by atoms with Crippen LogP contribution < -0.4 is 9.47 Å². The van der Waals surface area contributed by atoms with Crippen molar-refractivity contribution in [3.05, 3.63) is 59.2 Å². The molecule has 2 rings (SSSR count). The third-order valence-corrected chi connectivity index (χ3v) is 2.95. The summed E-state index contributed by atoms with van der Waals surface area (Å²) in [6.45, 7) is 1.57. The summed E-state index contributed by atoms with van der Waals surface area (Å²) in [5, 5.41) is 8.91. The lowest BCUT2D eigenvalue weighted by molar-refractivity contribution is -0.274. The van der Waals surface area contributed by atoms with E-state index in [9.17, 15) is 18.0 Å². The molecule has 7 heteroatoms. The fourth-order valence-electron chi connectivity index (χ4n) is 1.91. The minimum absolute atomic E-state index is 0.0973. The van der Waals surface area contributed by atoms with Crippen LogP contribution in [-0.4, -0.2) is 17.4 Å². The summed E-state index contributed by atoms with van der Waals surface area (Å²) >= 11 is 0. The van der Waals surface area contributed by atoms with Crippen LogP contribution in [0, 0.1) is 6.92 Å². The Kier molecular flexibility index (Phi) is 4.78. The number of aromatic carboxylic acids is 1. The highest BCUT2D eigenvalue weighted by molar-refractivity contribution is 5.87. The zero-order valence-corrected chi connectivity index (χ0v) is 12.1. The molecule has 0 atom stereocenters. The van der Waals surface area contributed by atoms with Gasteiger partial charge in [-0.25, -0.2) is 4.79 Å². The van der Waals surface area contributed by atoms with Crippen molar-refractivity contribution in [1.82, 2.24) is 0 Å². The molecule has 0 aliphatic rings. The zero-order valence-electron chi connectivity index (χ0n) is 12.1. The molecule has 0 fully saturated rings.